The van der Waals surface area contributed by atoms with Crippen molar-refractivity contribution < 1.29 is 23.8 Å². The SMILES string of the molecule is CCOC(=O)c1cc(NC(=O)C(CC)Oc2ccccc2OC)ccc1Cl. The maximum Gasteiger partial charge on any atom is 0.339 e. The van der Waals surface area contributed by atoms with Gasteiger partial charge in [0.25, 0.3) is 5.91 Å². The molecular formula is C20H22ClNO5. The van der Waals surface area contributed by atoms with Crippen molar-refractivity contribution in [3.05, 3.63) is 53.1 Å². The Morgan fingerprint density at radius 1 is 1.11 bits per heavy atom. The number of anilines is 1. The molecular weight excluding hydrogens is 370 g/mol. The molecule has 2 aromatic carbocycles. The number of esters is 1. The lowest BCUT2D eigenvalue weighted by Gasteiger charge is -2.19. The molecule has 0 saturated carbocycles. The first-order valence-electron chi connectivity index (χ1n) is 8.57. The highest BCUT2D eigenvalue weighted by Gasteiger charge is 2.21. The molecule has 0 aliphatic rings. The van der Waals surface area contributed by atoms with Crippen LogP contribution in [-0.4, -0.2) is 31.7 Å². The first-order chi connectivity index (χ1) is 13.0. The van der Waals surface area contributed by atoms with Gasteiger partial charge in [-0.25, -0.2) is 4.79 Å². The molecule has 2 rings (SSSR count). The molecule has 0 radical (unpaired) electrons. The van der Waals surface area contributed by atoms with E-state index >= 15 is 0 Å². The molecule has 1 unspecified atom stereocenters. The molecule has 1 N–H and O–H groups in total. The van der Waals surface area contributed by atoms with Crippen LogP contribution in [0.25, 0.3) is 0 Å². The van der Waals surface area contributed by atoms with Crippen LogP contribution < -0.4 is 14.8 Å². The summed E-state index contributed by atoms with van der Waals surface area (Å²) in [6.45, 7) is 3.78. The lowest BCUT2D eigenvalue weighted by Crippen LogP contribution is -2.32. The Bertz CT molecular complexity index is 809. The summed E-state index contributed by atoms with van der Waals surface area (Å²) in [6.07, 6.45) is -0.287. The van der Waals surface area contributed by atoms with Gasteiger partial charge in [-0.05, 0) is 43.7 Å². The number of benzene rings is 2. The van der Waals surface area contributed by atoms with Crippen molar-refractivity contribution in [1.82, 2.24) is 0 Å². The van der Waals surface area contributed by atoms with Crippen molar-refractivity contribution >= 4 is 29.2 Å². The van der Waals surface area contributed by atoms with Gasteiger partial charge in [0.2, 0.25) is 0 Å². The van der Waals surface area contributed by atoms with Crippen molar-refractivity contribution in [2.24, 2.45) is 0 Å². The summed E-state index contributed by atoms with van der Waals surface area (Å²) in [6, 6.07) is 11.7. The number of nitrogens with one attached hydrogen (secondary N) is 1. The molecule has 7 heteroatoms. The highest BCUT2D eigenvalue weighted by molar-refractivity contribution is 6.33. The lowest BCUT2D eigenvalue weighted by atomic mass is 10.2. The standard InChI is InChI=1S/C20H22ClNO5/c1-4-16(27-18-9-7-6-8-17(18)25-3)19(23)22-13-10-11-15(21)14(12-13)20(24)26-5-2/h6-12,16H,4-5H2,1-3H3,(H,22,23). The summed E-state index contributed by atoms with van der Waals surface area (Å²) in [5, 5.41) is 3.00. The third kappa shape index (κ3) is 5.37. The molecule has 27 heavy (non-hydrogen) atoms. The second-order valence-electron chi connectivity index (χ2n) is 5.57. The molecule has 1 atom stereocenters. The monoisotopic (exact) mass is 391 g/mol. The largest absolute Gasteiger partial charge is 0.493 e. The van der Waals surface area contributed by atoms with Gasteiger partial charge in [-0.3, -0.25) is 4.79 Å². The van der Waals surface area contributed by atoms with Crippen molar-refractivity contribution in [2.75, 3.05) is 19.0 Å². The minimum Gasteiger partial charge on any atom is -0.493 e. The molecule has 0 aliphatic carbocycles. The van der Waals surface area contributed by atoms with Crippen LogP contribution in [0.1, 0.15) is 30.6 Å². The molecule has 0 aromatic heterocycles. The Kier molecular flexibility index (Phi) is 7.49. The fraction of sp³-hybridized carbons (Fsp3) is 0.300. The maximum atomic E-state index is 12.6. The minimum absolute atomic E-state index is 0.190. The number of methoxy groups -OCH3 is 1. The number of hydrogen-bond donors (Lipinski definition) is 1. The molecule has 0 bridgehead atoms. The van der Waals surface area contributed by atoms with Gasteiger partial charge in [0, 0.05) is 5.69 Å². The fourth-order valence-electron chi connectivity index (χ4n) is 2.38. The number of hydrogen-bond acceptors (Lipinski definition) is 5. The maximum absolute atomic E-state index is 12.6. The second kappa shape index (κ2) is 9.83. The number of carbonyl (C=O) groups excluding carboxylic acids is 2. The fourth-order valence-corrected chi connectivity index (χ4v) is 2.58. The molecule has 0 fully saturated rings. The van der Waals surface area contributed by atoms with Gasteiger partial charge < -0.3 is 19.5 Å². The van der Waals surface area contributed by atoms with E-state index in [2.05, 4.69) is 5.32 Å². The predicted molar refractivity (Wildman–Crippen MR) is 104 cm³/mol. The normalized spacial score (nSPS) is 11.4. The van der Waals surface area contributed by atoms with Gasteiger partial charge in [0.05, 0.1) is 24.3 Å². The summed E-state index contributed by atoms with van der Waals surface area (Å²) in [4.78, 5) is 24.6. The first kappa shape index (κ1) is 20.6. The van der Waals surface area contributed by atoms with Gasteiger partial charge >= 0.3 is 5.97 Å². The molecule has 0 spiro atoms. The highest BCUT2D eigenvalue weighted by Crippen LogP contribution is 2.28. The van der Waals surface area contributed by atoms with Gasteiger partial charge in [0.1, 0.15) is 0 Å². The van der Waals surface area contributed by atoms with E-state index in [9.17, 15) is 9.59 Å². The van der Waals surface area contributed by atoms with Crippen molar-refractivity contribution in [3.8, 4) is 11.5 Å². The number of para-hydroxylation sites is 2. The van der Waals surface area contributed by atoms with Crippen LogP contribution in [0.4, 0.5) is 5.69 Å². The molecule has 2 aromatic rings. The third-order valence-corrected chi connectivity index (χ3v) is 4.06. The number of ether oxygens (including phenoxy) is 3. The topological polar surface area (TPSA) is 73.9 Å². The van der Waals surface area contributed by atoms with Gasteiger partial charge in [-0.1, -0.05) is 30.7 Å². The Labute approximate surface area is 163 Å². The van der Waals surface area contributed by atoms with Crippen molar-refractivity contribution in [2.45, 2.75) is 26.4 Å². The van der Waals surface area contributed by atoms with Crippen LogP contribution in [0.5, 0.6) is 11.5 Å². The quantitative estimate of drug-likeness (QED) is 0.678. The highest BCUT2D eigenvalue weighted by atomic mass is 35.5. The summed E-state index contributed by atoms with van der Waals surface area (Å²) in [5.74, 6) is 0.126. The minimum atomic E-state index is -0.733. The number of carbonyl (C=O) groups is 2. The Morgan fingerprint density at radius 2 is 1.81 bits per heavy atom. The predicted octanol–water partition coefficient (Wildman–Crippen LogP) is 4.32. The Balaban J connectivity index is 2.14. The smallest absolute Gasteiger partial charge is 0.339 e. The van der Waals surface area contributed by atoms with E-state index in [0.717, 1.165) is 0 Å². The zero-order valence-corrected chi connectivity index (χ0v) is 16.2. The average Bonchev–Trinajstić information content (AvgIpc) is 2.67. The molecule has 6 nitrogen and oxygen atoms in total. The second-order valence-corrected chi connectivity index (χ2v) is 5.98. The van der Waals surface area contributed by atoms with Crippen LogP contribution in [-0.2, 0) is 9.53 Å². The van der Waals surface area contributed by atoms with Crippen LogP contribution >= 0.6 is 11.6 Å². The van der Waals surface area contributed by atoms with Crippen molar-refractivity contribution in [1.29, 1.82) is 0 Å². The van der Waals surface area contributed by atoms with E-state index in [-0.39, 0.29) is 23.1 Å². The lowest BCUT2D eigenvalue weighted by molar-refractivity contribution is -0.122. The van der Waals surface area contributed by atoms with Crippen LogP contribution in [0, 0.1) is 0 Å². The molecule has 0 saturated heterocycles. The number of amides is 1. The van der Waals surface area contributed by atoms with Crippen LogP contribution in [0.2, 0.25) is 5.02 Å². The van der Waals surface area contributed by atoms with E-state index in [4.69, 9.17) is 25.8 Å². The molecule has 0 aliphatic heterocycles. The average molecular weight is 392 g/mol. The number of rotatable bonds is 8. The molecule has 1 amide bonds. The van der Waals surface area contributed by atoms with E-state index < -0.39 is 12.1 Å². The van der Waals surface area contributed by atoms with Crippen LogP contribution in [0.15, 0.2) is 42.5 Å². The third-order valence-electron chi connectivity index (χ3n) is 3.73. The zero-order chi connectivity index (χ0) is 19.8. The number of halogens is 1. The molecule has 144 valence electrons. The molecule has 0 heterocycles. The van der Waals surface area contributed by atoms with E-state index in [0.29, 0.717) is 23.6 Å². The Morgan fingerprint density at radius 3 is 2.44 bits per heavy atom. The van der Waals surface area contributed by atoms with Gasteiger partial charge in [-0.15, -0.1) is 0 Å². The summed E-state index contributed by atoms with van der Waals surface area (Å²) < 4.78 is 16.0. The Hall–Kier alpha value is -2.73. The van der Waals surface area contributed by atoms with Gasteiger partial charge in [-0.2, -0.15) is 0 Å². The summed E-state index contributed by atoms with van der Waals surface area (Å²) in [5.41, 5.74) is 0.615. The zero-order valence-electron chi connectivity index (χ0n) is 15.5. The van der Waals surface area contributed by atoms with Crippen LogP contribution in [0.3, 0.4) is 0 Å². The van der Waals surface area contributed by atoms with E-state index in [1.807, 2.05) is 13.0 Å². The van der Waals surface area contributed by atoms with E-state index in [1.54, 1.807) is 31.2 Å². The summed E-state index contributed by atoms with van der Waals surface area (Å²) in [7, 11) is 1.54. The van der Waals surface area contributed by atoms with Crippen molar-refractivity contribution in [3.63, 3.8) is 0 Å². The van der Waals surface area contributed by atoms with Gasteiger partial charge in [0.15, 0.2) is 17.6 Å². The van der Waals surface area contributed by atoms with E-state index in [1.165, 1.54) is 19.2 Å². The summed E-state index contributed by atoms with van der Waals surface area (Å²) >= 11 is 6.04. The first-order valence-corrected chi connectivity index (χ1v) is 8.95.